The number of hydrogen-bond acceptors (Lipinski definition) is 0. The maximum atomic E-state index is 2.43. The molecule has 0 aliphatic carbocycles. The second kappa shape index (κ2) is 9.50. The third-order valence-electron chi connectivity index (χ3n) is 12.3. The van der Waals surface area contributed by atoms with Crippen LogP contribution in [-0.4, -0.2) is 0 Å². The van der Waals surface area contributed by atoms with Crippen LogP contribution in [0.15, 0.2) is 140 Å². The van der Waals surface area contributed by atoms with E-state index in [0.29, 0.717) is 0 Å². The highest BCUT2D eigenvalue weighted by molar-refractivity contribution is 6.32. The highest BCUT2D eigenvalue weighted by Gasteiger charge is 2.20. The molecule has 0 N–H and O–H groups in total. The normalized spacial score (nSPS) is 12.6. The number of rotatable bonds is 2. The third kappa shape index (κ3) is 3.45. The van der Waals surface area contributed by atoms with Gasteiger partial charge in [-0.1, -0.05) is 140 Å². The summed E-state index contributed by atoms with van der Waals surface area (Å²) < 4.78 is 0. The third-order valence-corrected chi connectivity index (χ3v) is 12.3. The quantitative estimate of drug-likeness (QED) is 0.164. The smallest absolute Gasteiger partial charge is 0.00177 e. The van der Waals surface area contributed by atoms with Crippen molar-refractivity contribution in [3.8, 4) is 22.3 Å². The summed E-state index contributed by atoms with van der Waals surface area (Å²) in [7, 11) is 0. The molecule has 236 valence electrons. The standard InChI is InChI=1S/C51H32/c1-27-4-6-30-13-21-41-38(18-10-32-8-16-35(27)46(30)48(32)41)39-19-11-34-15-23-44-45(26-29(3)37-24-25-43(39)50(34)51(37)44)40-20-12-33-9-17-36-28(2)5-7-31-14-22-42(40)49(33)47(31)36/h4-26H,1-3H3. The fourth-order valence-corrected chi connectivity index (χ4v) is 9.89. The predicted molar refractivity (Wildman–Crippen MR) is 223 cm³/mol. The maximum Gasteiger partial charge on any atom is -0.00177 e. The van der Waals surface area contributed by atoms with Crippen LogP contribution in [0, 0.1) is 20.8 Å². The van der Waals surface area contributed by atoms with Crippen LogP contribution >= 0.6 is 0 Å². The average Bonchev–Trinajstić information content (AvgIpc) is 3.17. The molecule has 0 bridgehead atoms. The largest absolute Gasteiger partial charge is 0.0581 e. The Labute approximate surface area is 295 Å². The molecule has 12 rings (SSSR count). The zero-order valence-corrected chi connectivity index (χ0v) is 28.8. The van der Waals surface area contributed by atoms with Gasteiger partial charge in [0.15, 0.2) is 0 Å². The van der Waals surface area contributed by atoms with Gasteiger partial charge in [-0.25, -0.2) is 0 Å². The Hall–Kier alpha value is -6.24. The molecule has 0 saturated heterocycles. The Morgan fingerprint density at radius 1 is 0.216 bits per heavy atom. The summed E-state index contributed by atoms with van der Waals surface area (Å²) in [4.78, 5) is 0. The van der Waals surface area contributed by atoms with Gasteiger partial charge in [-0.2, -0.15) is 0 Å². The SMILES string of the molecule is Cc1ccc2ccc3c(-c4ccc5ccc6c(-c7ccc8ccc9c(C)ccc%10ccc7c8c%109)cc(C)c7ccc4c5c76)ccc4ccc1c2c43. The number of hydrogen-bond donors (Lipinski definition) is 0. The van der Waals surface area contributed by atoms with E-state index in [-0.39, 0.29) is 0 Å². The van der Waals surface area contributed by atoms with E-state index in [4.69, 9.17) is 0 Å². The predicted octanol–water partition coefficient (Wildman–Crippen LogP) is 14.6. The van der Waals surface area contributed by atoms with Crippen molar-refractivity contribution in [2.75, 3.05) is 0 Å². The Morgan fingerprint density at radius 3 is 0.961 bits per heavy atom. The average molecular weight is 645 g/mol. The minimum atomic E-state index is 1.29. The fourth-order valence-electron chi connectivity index (χ4n) is 9.89. The molecule has 12 aromatic carbocycles. The second-order valence-corrected chi connectivity index (χ2v) is 14.9. The fraction of sp³-hybridized carbons (Fsp3) is 0.0588. The minimum absolute atomic E-state index is 1.29. The van der Waals surface area contributed by atoms with Gasteiger partial charge in [0.2, 0.25) is 0 Å². The van der Waals surface area contributed by atoms with Crippen molar-refractivity contribution < 1.29 is 0 Å². The Morgan fingerprint density at radius 2 is 0.490 bits per heavy atom. The number of aryl methyl sites for hydroxylation is 3. The summed E-state index contributed by atoms with van der Waals surface area (Å²) in [6, 6.07) is 53.6. The molecule has 0 heterocycles. The van der Waals surface area contributed by atoms with E-state index in [2.05, 4.69) is 160 Å². The maximum absolute atomic E-state index is 2.43. The highest BCUT2D eigenvalue weighted by Crippen LogP contribution is 2.48. The van der Waals surface area contributed by atoms with Crippen LogP contribution in [0.3, 0.4) is 0 Å². The van der Waals surface area contributed by atoms with Crippen molar-refractivity contribution in [3.05, 3.63) is 156 Å². The highest BCUT2D eigenvalue weighted by atomic mass is 14.2. The van der Waals surface area contributed by atoms with Crippen LogP contribution in [-0.2, 0) is 0 Å². The molecule has 0 saturated carbocycles. The molecule has 0 fully saturated rings. The molecular formula is C51H32. The van der Waals surface area contributed by atoms with E-state index in [1.54, 1.807) is 0 Å². The first-order chi connectivity index (χ1) is 25.0. The van der Waals surface area contributed by atoms with Crippen molar-refractivity contribution in [1.29, 1.82) is 0 Å². The van der Waals surface area contributed by atoms with Gasteiger partial charge in [-0.05, 0) is 157 Å². The monoisotopic (exact) mass is 644 g/mol. The molecule has 0 aliphatic heterocycles. The van der Waals surface area contributed by atoms with Crippen LogP contribution in [0.2, 0.25) is 0 Å². The van der Waals surface area contributed by atoms with E-state index in [0.717, 1.165) is 0 Å². The Balaban J connectivity index is 1.17. The van der Waals surface area contributed by atoms with Gasteiger partial charge in [0.25, 0.3) is 0 Å². The first kappa shape index (κ1) is 27.6. The first-order valence-electron chi connectivity index (χ1n) is 18.1. The lowest BCUT2D eigenvalue weighted by atomic mass is 9.83. The van der Waals surface area contributed by atoms with Crippen LogP contribution < -0.4 is 0 Å². The Kier molecular flexibility index (Phi) is 5.14. The van der Waals surface area contributed by atoms with Crippen LogP contribution in [0.4, 0.5) is 0 Å². The van der Waals surface area contributed by atoms with Gasteiger partial charge in [-0.15, -0.1) is 0 Å². The lowest BCUT2D eigenvalue weighted by Crippen LogP contribution is -1.94. The van der Waals surface area contributed by atoms with Gasteiger partial charge in [0.1, 0.15) is 0 Å². The van der Waals surface area contributed by atoms with Gasteiger partial charge in [-0.3, -0.25) is 0 Å². The summed E-state index contributed by atoms with van der Waals surface area (Å²) >= 11 is 0. The minimum Gasteiger partial charge on any atom is -0.0581 e. The molecule has 12 aromatic rings. The van der Waals surface area contributed by atoms with Crippen molar-refractivity contribution in [2.24, 2.45) is 0 Å². The molecule has 0 unspecified atom stereocenters. The molecule has 0 spiro atoms. The van der Waals surface area contributed by atoms with E-state index in [1.165, 1.54) is 136 Å². The van der Waals surface area contributed by atoms with Gasteiger partial charge in [0, 0.05) is 0 Å². The van der Waals surface area contributed by atoms with Gasteiger partial charge >= 0.3 is 0 Å². The summed E-state index contributed by atoms with van der Waals surface area (Å²) in [6.45, 7) is 6.75. The lowest BCUT2D eigenvalue weighted by Gasteiger charge is -2.20. The zero-order valence-electron chi connectivity index (χ0n) is 28.8. The van der Waals surface area contributed by atoms with Crippen molar-refractivity contribution >= 4 is 97.0 Å². The van der Waals surface area contributed by atoms with Crippen molar-refractivity contribution in [1.82, 2.24) is 0 Å². The molecule has 0 atom stereocenters. The first-order valence-corrected chi connectivity index (χ1v) is 18.1. The molecule has 0 nitrogen and oxygen atoms in total. The van der Waals surface area contributed by atoms with E-state index < -0.39 is 0 Å². The van der Waals surface area contributed by atoms with E-state index in [9.17, 15) is 0 Å². The number of benzene rings is 12. The topological polar surface area (TPSA) is 0 Å². The lowest BCUT2D eigenvalue weighted by molar-refractivity contribution is 1.54. The van der Waals surface area contributed by atoms with Crippen molar-refractivity contribution in [2.45, 2.75) is 20.8 Å². The van der Waals surface area contributed by atoms with E-state index in [1.807, 2.05) is 0 Å². The van der Waals surface area contributed by atoms with Crippen LogP contribution in [0.1, 0.15) is 16.7 Å². The van der Waals surface area contributed by atoms with Gasteiger partial charge < -0.3 is 0 Å². The molecular weight excluding hydrogens is 613 g/mol. The van der Waals surface area contributed by atoms with Crippen molar-refractivity contribution in [3.63, 3.8) is 0 Å². The molecule has 0 radical (unpaired) electrons. The van der Waals surface area contributed by atoms with Crippen LogP contribution in [0.5, 0.6) is 0 Å². The second-order valence-electron chi connectivity index (χ2n) is 14.9. The summed E-state index contributed by atoms with van der Waals surface area (Å²) in [6.07, 6.45) is 0. The van der Waals surface area contributed by atoms with E-state index >= 15 is 0 Å². The molecule has 0 aliphatic rings. The van der Waals surface area contributed by atoms with Gasteiger partial charge in [0.05, 0.1) is 0 Å². The summed E-state index contributed by atoms with van der Waals surface area (Å²) in [5.74, 6) is 0. The Bertz CT molecular complexity index is 3430. The zero-order chi connectivity index (χ0) is 33.7. The van der Waals surface area contributed by atoms with Crippen LogP contribution in [0.25, 0.3) is 119 Å². The molecule has 51 heavy (non-hydrogen) atoms. The summed E-state index contributed by atoms with van der Waals surface area (Å²) in [5, 5.41) is 24.1. The molecule has 0 amide bonds. The molecule has 0 aromatic heterocycles. The summed E-state index contributed by atoms with van der Waals surface area (Å²) in [5.41, 5.74) is 9.20. The molecule has 0 heteroatoms.